The number of rotatable bonds is 6. The summed E-state index contributed by atoms with van der Waals surface area (Å²) in [6, 6.07) is 0.802. The van der Waals surface area contributed by atoms with Crippen LogP contribution in [0.1, 0.15) is 38.5 Å². The molecule has 1 amide bonds. The predicted molar refractivity (Wildman–Crippen MR) is 86.7 cm³/mol. The molecule has 1 aromatic heterocycles. The van der Waals surface area contributed by atoms with Gasteiger partial charge in [0.1, 0.15) is 6.33 Å². The van der Waals surface area contributed by atoms with E-state index in [2.05, 4.69) is 25.4 Å². The summed E-state index contributed by atoms with van der Waals surface area (Å²) < 4.78 is 0. The smallest absolute Gasteiger partial charge is 0.230 e. The van der Waals surface area contributed by atoms with Crippen molar-refractivity contribution in [2.45, 2.75) is 49.7 Å². The molecule has 1 atom stereocenters. The number of aromatic nitrogens is 3. The van der Waals surface area contributed by atoms with Gasteiger partial charge in [-0.15, -0.1) is 0 Å². The number of thioether (sulfide) groups is 1. The molecule has 2 heterocycles. The average molecular weight is 323 g/mol. The van der Waals surface area contributed by atoms with Crippen LogP contribution in [0.3, 0.4) is 0 Å². The molecule has 2 fully saturated rings. The molecule has 1 unspecified atom stereocenters. The molecule has 1 saturated carbocycles. The van der Waals surface area contributed by atoms with E-state index < -0.39 is 0 Å². The number of amides is 1. The first-order chi connectivity index (χ1) is 10.8. The molecule has 7 heteroatoms. The van der Waals surface area contributed by atoms with Crippen LogP contribution in [0, 0.1) is 5.92 Å². The molecule has 1 aromatic rings. The fraction of sp³-hybridized carbons (Fsp3) is 0.800. The van der Waals surface area contributed by atoms with Crippen molar-refractivity contribution in [3.05, 3.63) is 6.33 Å². The van der Waals surface area contributed by atoms with Crippen LogP contribution in [0.15, 0.2) is 11.5 Å². The second kappa shape index (κ2) is 7.97. The van der Waals surface area contributed by atoms with Crippen LogP contribution in [0.4, 0.5) is 0 Å². The van der Waals surface area contributed by atoms with Crippen LogP contribution in [0.2, 0.25) is 0 Å². The molecule has 0 bridgehead atoms. The van der Waals surface area contributed by atoms with Crippen molar-refractivity contribution < 1.29 is 4.79 Å². The normalized spacial score (nSPS) is 23.7. The summed E-state index contributed by atoms with van der Waals surface area (Å²) in [5.74, 6) is 1.09. The Bertz CT molecular complexity index is 461. The molecule has 0 radical (unpaired) electrons. The molecule has 0 spiro atoms. The van der Waals surface area contributed by atoms with E-state index in [4.69, 9.17) is 0 Å². The monoisotopic (exact) mass is 323 g/mol. The van der Waals surface area contributed by atoms with Crippen molar-refractivity contribution in [3.63, 3.8) is 0 Å². The summed E-state index contributed by atoms with van der Waals surface area (Å²) in [4.78, 5) is 18.5. The molecule has 2 N–H and O–H groups in total. The first-order valence-electron chi connectivity index (χ1n) is 8.30. The highest BCUT2D eigenvalue weighted by Gasteiger charge is 2.29. The average Bonchev–Trinajstić information content (AvgIpc) is 3.23. The van der Waals surface area contributed by atoms with E-state index in [1.807, 2.05) is 0 Å². The van der Waals surface area contributed by atoms with Crippen molar-refractivity contribution in [1.29, 1.82) is 0 Å². The van der Waals surface area contributed by atoms with Gasteiger partial charge >= 0.3 is 0 Å². The lowest BCUT2D eigenvalue weighted by Gasteiger charge is -2.31. The first kappa shape index (κ1) is 15.8. The Morgan fingerprint density at radius 2 is 2.23 bits per heavy atom. The lowest BCUT2D eigenvalue weighted by Crippen LogP contribution is -2.36. The van der Waals surface area contributed by atoms with Gasteiger partial charge in [0.05, 0.1) is 5.75 Å². The number of aromatic amines is 1. The molecule has 2 aliphatic rings. The van der Waals surface area contributed by atoms with Crippen molar-refractivity contribution in [3.8, 4) is 0 Å². The maximum absolute atomic E-state index is 11.9. The Kier molecular flexibility index (Phi) is 5.72. The molecule has 122 valence electrons. The quantitative estimate of drug-likeness (QED) is 0.779. The van der Waals surface area contributed by atoms with Gasteiger partial charge in [0, 0.05) is 19.1 Å². The highest BCUT2D eigenvalue weighted by atomic mass is 32.2. The van der Waals surface area contributed by atoms with Gasteiger partial charge in [-0.3, -0.25) is 9.89 Å². The molecule has 0 aromatic carbocycles. The third-order valence-corrected chi connectivity index (χ3v) is 5.61. The number of likely N-dealkylation sites (tertiary alicyclic amines) is 1. The second-order valence-electron chi connectivity index (χ2n) is 6.32. The molecule has 3 rings (SSSR count). The third kappa shape index (κ3) is 4.46. The number of H-pyrrole nitrogens is 1. The minimum Gasteiger partial charge on any atom is -0.355 e. The summed E-state index contributed by atoms with van der Waals surface area (Å²) >= 11 is 1.39. The summed E-state index contributed by atoms with van der Waals surface area (Å²) in [5.41, 5.74) is 0. The Hall–Kier alpha value is -1.08. The van der Waals surface area contributed by atoms with Gasteiger partial charge in [-0.25, -0.2) is 4.98 Å². The maximum Gasteiger partial charge on any atom is 0.230 e. The van der Waals surface area contributed by atoms with E-state index in [-0.39, 0.29) is 5.91 Å². The fourth-order valence-corrected chi connectivity index (χ4v) is 4.12. The molecule has 1 aliphatic heterocycles. The summed E-state index contributed by atoms with van der Waals surface area (Å²) in [7, 11) is 0. The second-order valence-corrected chi connectivity index (χ2v) is 7.29. The van der Waals surface area contributed by atoms with Crippen molar-refractivity contribution in [1.82, 2.24) is 25.4 Å². The number of nitrogens with one attached hydrogen (secondary N) is 2. The van der Waals surface area contributed by atoms with Crippen LogP contribution in [-0.2, 0) is 4.79 Å². The largest absolute Gasteiger partial charge is 0.355 e. The lowest BCUT2D eigenvalue weighted by molar-refractivity contribution is -0.118. The van der Waals surface area contributed by atoms with E-state index in [1.54, 1.807) is 0 Å². The Morgan fingerprint density at radius 3 is 3.00 bits per heavy atom. The minimum absolute atomic E-state index is 0.0810. The Labute approximate surface area is 135 Å². The minimum atomic E-state index is 0.0810. The van der Waals surface area contributed by atoms with Gasteiger partial charge in [0.2, 0.25) is 5.91 Å². The number of nitrogens with zero attached hydrogens (tertiary/aromatic N) is 3. The van der Waals surface area contributed by atoms with Gasteiger partial charge in [0.25, 0.3) is 0 Å². The highest BCUT2D eigenvalue weighted by Crippen LogP contribution is 2.27. The SMILES string of the molecule is O=C(CSc1ncn[nH]1)NCC1CCN(C2CCCCC2)C1. The highest BCUT2D eigenvalue weighted by molar-refractivity contribution is 7.99. The third-order valence-electron chi connectivity index (χ3n) is 4.73. The standard InChI is InChI=1S/C15H25N5OS/c21-14(10-22-15-17-11-18-19-15)16-8-12-6-7-20(9-12)13-4-2-1-3-5-13/h11-13H,1-10H2,(H,16,21)(H,17,18,19). The van der Waals surface area contributed by atoms with Crippen LogP contribution in [0.25, 0.3) is 0 Å². The number of carbonyl (C=O) groups is 1. The zero-order valence-electron chi connectivity index (χ0n) is 13.0. The summed E-state index contributed by atoms with van der Waals surface area (Å²) in [5, 5.41) is 10.3. The molecule has 1 saturated heterocycles. The van der Waals surface area contributed by atoms with E-state index in [9.17, 15) is 4.79 Å². The van der Waals surface area contributed by atoms with E-state index in [1.165, 1.54) is 63.2 Å². The molecule has 1 aliphatic carbocycles. The predicted octanol–water partition coefficient (Wildman–Crippen LogP) is 1.67. The molecule has 22 heavy (non-hydrogen) atoms. The molecular formula is C15H25N5OS. The van der Waals surface area contributed by atoms with E-state index >= 15 is 0 Å². The van der Waals surface area contributed by atoms with Gasteiger partial charge in [-0.1, -0.05) is 31.0 Å². The van der Waals surface area contributed by atoms with Crippen LogP contribution in [0.5, 0.6) is 0 Å². The summed E-state index contributed by atoms with van der Waals surface area (Å²) in [6.07, 6.45) is 9.60. The van der Waals surface area contributed by atoms with Crippen LogP contribution < -0.4 is 5.32 Å². The Balaban J connectivity index is 1.33. The zero-order chi connectivity index (χ0) is 15.2. The first-order valence-corrected chi connectivity index (χ1v) is 9.29. The summed E-state index contributed by atoms with van der Waals surface area (Å²) in [6.45, 7) is 3.16. The van der Waals surface area contributed by atoms with E-state index in [0.29, 0.717) is 16.8 Å². The van der Waals surface area contributed by atoms with Gasteiger partial charge < -0.3 is 10.2 Å². The number of hydrogen-bond donors (Lipinski definition) is 2. The van der Waals surface area contributed by atoms with Crippen LogP contribution in [-0.4, -0.2) is 57.4 Å². The number of carbonyl (C=O) groups excluding carboxylic acids is 1. The zero-order valence-corrected chi connectivity index (χ0v) is 13.8. The maximum atomic E-state index is 11.9. The van der Waals surface area contributed by atoms with Gasteiger partial charge in [0.15, 0.2) is 5.16 Å². The van der Waals surface area contributed by atoms with Crippen molar-refractivity contribution in [2.75, 3.05) is 25.4 Å². The topological polar surface area (TPSA) is 73.9 Å². The van der Waals surface area contributed by atoms with Crippen molar-refractivity contribution >= 4 is 17.7 Å². The van der Waals surface area contributed by atoms with Crippen LogP contribution >= 0.6 is 11.8 Å². The number of hydrogen-bond acceptors (Lipinski definition) is 5. The fourth-order valence-electron chi connectivity index (χ4n) is 3.51. The van der Waals surface area contributed by atoms with E-state index in [0.717, 1.165) is 19.1 Å². The molecule has 6 nitrogen and oxygen atoms in total. The Morgan fingerprint density at radius 1 is 1.36 bits per heavy atom. The lowest BCUT2D eigenvalue weighted by atomic mass is 9.94. The van der Waals surface area contributed by atoms with Gasteiger partial charge in [-0.05, 0) is 31.7 Å². The van der Waals surface area contributed by atoms with Crippen molar-refractivity contribution in [2.24, 2.45) is 5.92 Å². The molecular weight excluding hydrogens is 298 g/mol. The van der Waals surface area contributed by atoms with Gasteiger partial charge in [-0.2, -0.15) is 5.10 Å².